The van der Waals surface area contributed by atoms with Crippen molar-refractivity contribution in [3.05, 3.63) is 40.3 Å². The molecule has 1 saturated heterocycles. The van der Waals surface area contributed by atoms with Gasteiger partial charge in [0.2, 0.25) is 0 Å². The van der Waals surface area contributed by atoms with E-state index in [1.165, 1.54) is 16.7 Å². The molecule has 1 aromatic carbocycles. The first-order valence-electron chi connectivity index (χ1n) is 6.03. The molecule has 1 aliphatic carbocycles. The van der Waals surface area contributed by atoms with Gasteiger partial charge in [-0.05, 0) is 18.1 Å². The van der Waals surface area contributed by atoms with Crippen molar-refractivity contribution in [3.8, 4) is 0 Å². The van der Waals surface area contributed by atoms with Gasteiger partial charge in [-0.15, -0.1) is 0 Å². The molecule has 3 nitrogen and oxygen atoms in total. The lowest BCUT2D eigenvalue weighted by Crippen LogP contribution is -2.27. The van der Waals surface area contributed by atoms with Crippen LogP contribution in [0.15, 0.2) is 29.2 Å². The van der Waals surface area contributed by atoms with Crippen LogP contribution in [0.25, 0.3) is 5.57 Å². The van der Waals surface area contributed by atoms with E-state index in [0.29, 0.717) is 27.8 Å². The van der Waals surface area contributed by atoms with Crippen molar-refractivity contribution in [2.75, 3.05) is 6.54 Å². The van der Waals surface area contributed by atoms with Gasteiger partial charge in [0.05, 0.1) is 4.91 Å². The van der Waals surface area contributed by atoms with Gasteiger partial charge in [-0.1, -0.05) is 48.2 Å². The van der Waals surface area contributed by atoms with Gasteiger partial charge >= 0.3 is 0 Å². The fraction of sp³-hybridized carbons (Fsp3) is 0.214. The molecule has 0 atom stereocenters. The lowest BCUT2D eigenvalue weighted by molar-refractivity contribution is -0.122. The SMILES string of the molecule is CCN1C(=O)/C(=C2/C(=O)Cc3ccccc32)SC1=S. The molecule has 0 radical (unpaired) electrons. The molecule has 0 aromatic heterocycles. The molecule has 3 rings (SSSR count). The van der Waals surface area contributed by atoms with Crippen molar-refractivity contribution in [3.63, 3.8) is 0 Å². The van der Waals surface area contributed by atoms with Gasteiger partial charge in [0.15, 0.2) is 5.78 Å². The molecule has 0 spiro atoms. The largest absolute Gasteiger partial charge is 0.294 e. The summed E-state index contributed by atoms with van der Waals surface area (Å²) in [4.78, 5) is 26.5. The molecule has 1 amide bonds. The Labute approximate surface area is 120 Å². The highest BCUT2D eigenvalue weighted by Gasteiger charge is 2.38. The molecular formula is C14H11NO2S2. The Hall–Kier alpha value is -1.46. The number of likely N-dealkylation sites (N-methyl/N-ethyl adjacent to an activating group) is 1. The molecule has 1 aliphatic heterocycles. The topological polar surface area (TPSA) is 37.4 Å². The predicted octanol–water partition coefficient (Wildman–Crippen LogP) is 2.40. The number of benzene rings is 1. The number of hydrogen-bond acceptors (Lipinski definition) is 4. The van der Waals surface area contributed by atoms with Gasteiger partial charge < -0.3 is 0 Å². The average molecular weight is 289 g/mol. The lowest BCUT2D eigenvalue weighted by Gasteiger charge is -2.10. The molecule has 5 heteroatoms. The highest BCUT2D eigenvalue weighted by atomic mass is 32.2. The zero-order valence-corrected chi connectivity index (χ0v) is 11.9. The summed E-state index contributed by atoms with van der Waals surface area (Å²) in [6.07, 6.45) is 0.377. The number of thioether (sulfide) groups is 1. The maximum Gasteiger partial charge on any atom is 0.266 e. The Morgan fingerprint density at radius 2 is 2.05 bits per heavy atom. The summed E-state index contributed by atoms with van der Waals surface area (Å²) in [6, 6.07) is 7.62. The summed E-state index contributed by atoms with van der Waals surface area (Å²) in [5.74, 6) is -0.129. The van der Waals surface area contributed by atoms with E-state index >= 15 is 0 Å². The van der Waals surface area contributed by atoms with Crippen LogP contribution in [0.1, 0.15) is 18.1 Å². The van der Waals surface area contributed by atoms with E-state index in [0.717, 1.165) is 11.1 Å². The van der Waals surface area contributed by atoms with Gasteiger partial charge in [0.25, 0.3) is 5.91 Å². The number of fused-ring (bicyclic) bond motifs is 1. The van der Waals surface area contributed by atoms with Crippen LogP contribution in [0, 0.1) is 0 Å². The number of carbonyl (C=O) groups excluding carboxylic acids is 2. The van der Waals surface area contributed by atoms with Crippen LogP contribution in [0.5, 0.6) is 0 Å². The summed E-state index contributed by atoms with van der Waals surface area (Å²) < 4.78 is 0.534. The number of thiocarbonyl (C=S) groups is 1. The lowest BCUT2D eigenvalue weighted by atomic mass is 10.1. The first-order chi connectivity index (χ1) is 9.13. The highest BCUT2D eigenvalue weighted by Crippen LogP contribution is 2.41. The quantitative estimate of drug-likeness (QED) is 0.588. The monoisotopic (exact) mass is 289 g/mol. The average Bonchev–Trinajstić information content (AvgIpc) is 2.85. The van der Waals surface area contributed by atoms with Crippen LogP contribution in [0.2, 0.25) is 0 Å². The number of carbonyl (C=O) groups is 2. The zero-order chi connectivity index (χ0) is 13.6. The maximum absolute atomic E-state index is 12.3. The molecule has 0 unspecified atom stereocenters. The minimum absolute atomic E-state index is 0.0119. The third-order valence-corrected chi connectivity index (χ3v) is 4.76. The number of amides is 1. The molecule has 1 heterocycles. The Morgan fingerprint density at radius 1 is 1.32 bits per heavy atom. The molecule has 0 N–H and O–H groups in total. The number of hydrogen-bond donors (Lipinski definition) is 0. The highest BCUT2D eigenvalue weighted by molar-refractivity contribution is 8.26. The van der Waals surface area contributed by atoms with Gasteiger partial charge in [0.1, 0.15) is 4.32 Å². The zero-order valence-electron chi connectivity index (χ0n) is 10.3. The Bertz CT molecular complexity index is 649. The number of ketones is 1. The molecule has 0 saturated carbocycles. The molecule has 1 fully saturated rings. The van der Waals surface area contributed by atoms with Crippen molar-refractivity contribution in [1.29, 1.82) is 0 Å². The third-order valence-electron chi connectivity index (χ3n) is 3.31. The van der Waals surface area contributed by atoms with Crippen LogP contribution >= 0.6 is 24.0 Å². The van der Waals surface area contributed by atoms with Crippen LogP contribution in [-0.2, 0) is 16.0 Å². The van der Waals surface area contributed by atoms with E-state index in [1.54, 1.807) is 0 Å². The van der Waals surface area contributed by atoms with E-state index in [1.807, 2.05) is 31.2 Å². The van der Waals surface area contributed by atoms with Gasteiger partial charge in [-0.2, -0.15) is 0 Å². The Morgan fingerprint density at radius 3 is 2.74 bits per heavy atom. The number of rotatable bonds is 1. The van der Waals surface area contributed by atoms with Crippen molar-refractivity contribution < 1.29 is 9.59 Å². The van der Waals surface area contributed by atoms with E-state index in [9.17, 15) is 9.59 Å². The molecule has 0 bridgehead atoms. The van der Waals surface area contributed by atoms with Crippen LogP contribution in [0.4, 0.5) is 0 Å². The fourth-order valence-electron chi connectivity index (χ4n) is 2.40. The van der Waals surface area contributed by atoms with E-state index in [4.69, 9.17) is 12.2 Å². The summed E-state index contributed by atoms with van der Waals surface area (Å²) in [7, 11) is 0. The smallest absolute Gasteiger partial charge is 0.266 e. The fourth-order valence-corrected chi connectivity index (χ4v) is 3.88. The van der Waals surface area contributed by atoms with Crippen molar-refractivity contribution in [2.24, 2.45) is 0 Å². The predicted molar refractivity (Wildman–Crippen MR) is 79.6 cm³/mol. The number of Topliss-reactive ketones (excluding diaryl/α,β-unsaturated/α-hetero) is 1. The van der Waals surface area contributed by atoms with Crippen molar-refractivity contribution in [2.45, 2.75) is 13.3 Å². The van der Waals surface area contributed by atoms with E-state index in [-0.39, 0.29) is 11.7 Å². The second kappa shape index (κ2) is 4.58. The van der Waals surface area contributed by atoms with Crippen molar-refractivity contribution >= 4 is 45.6 Å². The second-order valence-corrected chi connectivity index (χ2v) is 6.02. The Balaban J connectivity index is 2.17. The van der Waals surface area contributed by atoms with Crippen LogP contribution in [0.3, 0.4) is 0 Å². The molecule has 96 valence electrons. The molecular weight excluding hydrogens is 278 g/mol. The van der Waals surface area contributed by atoms with Gasteiger partial charge in [0, 0.05) is 18.5 Å². The molecule has 1 aromatic rings. The first-order valence-corrected chi connectivity index (χ1v) is 7.25. The second-order valence-electron chi connectivity index (χ2n) is 4.38. The standard InChI is InChI=1S/C14H11NO2S2/c1-2-15-13(17)12(19-14(15)18)11-9-6-4-3-5-8(9)7-10(11)16/h3-6H,2,7H2,1H3/b12-11-. The number of nitrogens with zero attached hydrogens (tertiary/aromatic N) is 1. The first kappa shape index (κ1) is 12.6. The minimum Gasteiger partial charge on any atom is -0.294 e. The third kappa shape index (κ3) is 1.84. The Kier molecular flexibility index (Phi) is 3.03. The van der Waals surface area contributed by atoms with Crippen LogP contribution in [-0.4, -0.2) is 27.5 Å². The van der Waals surface area contributed by atoms with E-state index in [2.05, 4.69) is 0 Å². The van der Waals surface area contributed by atoms with Crippen molar-refractivity contribution in [1.82, 2.24) is 4.90 Å². The normalized spacial score (nSPS) is 22.4. The molecule has 2 aliphatic rings. The summed E-state index contributed by atoms with van der Waals surface area (Å²) >= 11 is 6.43. The summed E-state index contributed by atoms with van der Waals surface area (Å²) in [5, 5.41) is 0. The van der Waals surface area contributed by atoms with Gasteiger partial charge in [-0.3, -0.25) is 14.5 Å². The maximum atomic E-state index is 12.3. The van der Waals surface area contributed by atoms with Crippen LogP contribution < -0.4 is 0 Å². The number of allylic oxidation sites excluding steroid dienone is 1. The van der Waals surface area contributed by atoms with Gasteiger partial charge in [-0.25, -0.2) is 0 Å². The molecule has 19 heavy (non-hydrogen) atoms. The van der Waals surface area contributed by atoms with E-state index < -0.39 is 0 Å². The summed E-state index contributed by atoms with van der Waals surface area (Å²) in [6.45, 7) is 2.42. The summed E-state index contributed by atoms with van der Waals surface area (Å²) in [5.41, 5.74) is 2.41. The minimum atomic E-state index is -0.141.